The van der Waals surface area contributed by atoms with E-state index in [4.69, 9.17) is 4.74 Å². The van der Waals surface area contributed by atoms with E-state index < -0.39 is 18.2 Å². The quantitative estimate of drug-likeness (QED) is 0.381. The first-order valence-corrected chi connectivity index (χ1v) is 12.7. The summed E-state index contributed by atoms with van der Waals surface area (Å²) in [4.78, 5) is 39.5. The molecule has 2 aromatic rings. The molecule has 0 bridgehead atoms. The van der Waals surface area contributed by atoms with Crippen LogP contribution < -0.4 is 10.6 Å². The van der Waals surface area contributed by atoms with Gasteiger partial charge >= 0.3 is 6.09 Å². The summed E-state index contributed by atoms with van der Waals surface area (Å²) >= 11 is 1.45. The van der Waals surface area contributed by atoms with Gasteiger partial charge in [0.15, 0.2) is 5.78 Å². The van der Waals surface area contributed by atoms with Crippen LogP contribution in [0.25, 0.3) is 0 Å². The summed E-state index contributed by atoms with van der Waals surface area (Å²) in [7, 11) is 0. The van der Waals surface area contributed by atoms with Crippen LogP contribution in [-0.2, 0) is 20.9 Å². The molecular weight excluding hydrogens is 448 g/mol. The maximum Gasteiger partial charge on any atom is 0.408 e. The van der Waals surface area contributed by atoms with Crippen LogP contribution in [0, 0.1) is 11.8 Å². The molecule has 34 heavy (non-hydrogen) atoms. The molecule has 2 rings (SSSR count). The normalized spacial score (nSPS) is 12.8. The van der Waals surface area contributed by atoms with E-state index in [-0.39, 0.29) is 35.9 Å². The second-order valence-corrected chi connectivity index (χ2v) is 10.2. The minimum absolute atomic E-state index is 0.0362. The average molecular weight is 485 g/mol. The minimum atomic E-state index is -0.785. The van der Waals surface area contributed by atoms with Crippen molar-refractivity contribution in [3.63, 3.8) is 0 Å². The third kappa shape index (κ3) is 10.4. The van der Waals surface area contributed by atoms with E-state index in [2.05, 4.69) is 10.6 Å². The van der Waals surface area contributed by atoms with Gasteiger partial charge in [0.25, 0.3) is 0 Å². The highest BCUT2D eigenvalue weighted by Gasteiger charge is 2.28. The van der Waals surface area contributed by atoms with Crippen molar-refractivity contribution in [3.8, 4) is 0 Å². The molecule has 0 unspecified atom stereocenters. The van der Waals surface area contributed by atoms with Crippen LogP contribution in [0.3, 0.4) is 0 Å². The Hall–Kier alpha value is -2.80. The molecule has 0 radical (unpaired) electrons. The molecule has 0 aliphatic carbocycles. The predicted molar refractivity (Wildman–Crippen MR) is 137 cm³/mol. The molecule has 0 spiro atoms. The molecule has 0 aliphatic rings. The molecule has 6 nitrogen and oxygen atoms in total. The zero-order valence-corrected chi connectivity index (χ0v) is 21.3. The second kappa shape index (κ2) is 14.5. The van der Waals surface area contributed by atoms with Crippen molar-refractivity contribution in [1.29, 1.82) is 0 Å². The van der Waals surface area contributed by atoms with Crippen molar-refractivity contribution in [2.75, 3.05) is 5.75 Å². The van der Waals surface area contributed by atoms with Crippen molar-refractivity contribution in [1.82, 2.24) is 10.6 Å². The third-order valence-electron chi connectivity index (χ3n) is 5.06. The monoisotopic (exact) mass is 484 g/mol. The molecule has 184 valence electrons. The summed E-state index contributed by atoms with van der Waals surface area (Å²) in [6.45, 7) is 8.10. The first-order valence-electron chi connectivity index (χ1n) is 11.7. The Morgan fingerprint density at radius 2 is 1.35 bits per heavy atom. The van der Waals surface area contributed by atoms with Crippen molar-refractivity contribution in [3.05, 3.63) is 66.2 Å². The smallest absolute Gasteiger partial charge is 0.408 e. The molecule has 2 N–H and O–H groups in total. The van der Waals surface area contributed by atoms with Gasteiger partial charge in [0.1, 0.15) is 12.6 Å². The van der Waals surface area contributed by atoms with Crippen LogP contribution in [0.15, 0.2) is 65.6 Å². The van der Waals surface area contributed by atoms with Gasteiger partial charge in [-0.1, -0.05) is 76.2 Å². The summed E-state index contributed by atoms with van der Waals surface area (Å²) in [5.41, 5.74) is 0.862. The number of benzene rings is 2. The summed E-state index contributed by atoms with van der Waals surface area (Å²) in [6, 6.07) is 17.7. The molecule has 0 heterocycles. The Labute approximate surface area is 207 Å². The van der Waals surface area contributed by atoms with Gasteiger partial charge in [-0.2, -0.15) is 0 Å². The Morgan fingerprint density at radius 3 is 1.94 bits per heavy atom. The molecule has 0 saturated carbocycles. The number of hydrogen-bond acceptors (Lipinski definition) is 5. The summed E-state index contributed by atoms with van der Waals surface area (Å²) in [6.07, 6.45) is 0.316. The molecule has 2 aromatic carbocycles. The predicted octanol–water partition coefficient (Wildman–Crippen LogP) is 5.22. The number of rotatable bonds is 13. The fraction of sp³-hybridized carbons (Fsp3) is 0.444. The second-order valence-electron chi connectivity index (χ2n) is 9.15. The highest BCUT2D eigenvalue weighted by atomic mass is 32.2. The number of ketones is 1. The SMILES string of the molecule is CC(C)C[C@H](NC(=O)[C@H](CC(C)C)NC(=O)OCc1ccccc1)C(=O)CSc1ccccc1. The largest absolute Gasteiger partial charge is 0.445 e. The highest BCUT2D eigenvalue weighted by Crippen LogP contribution is 2.19. The fourth-order valence-corrected chi connectivity index (χ4v) is 4.26. The van der Waals surface area contributed by atoms with Crippen molar-refractivity contribution < 1.29 is 19.1 Å². The van der Waals surface area contributed by atoms with Crippen LogP contribution in [0.2, 0.25) is 0 Å². The summed E-state index contributed by atoms with van der Waals surface area (Å²) in [5.74, 6) is 0.254. The van der Waals surface area contributed by atoms with E-state index in [1.165, 1.54) is 11.8 Å². The molecule has 2 amide bonds. The molecular formula is C27H36N2O4S. The number of carbonyl (C=O) groups is 3. The van der Waals surface area contributed by atoms with Gasteiger partial charge in [0.2, 0.25) is 5.91 Å². The molecule has 7 heteroatoms. The number of carbonyl (C=O) groups excluding carboxylic acids is 3. The van der Waals surface area contributed by atoms with E-state index >= 15 is 0 Å². The van der Waals surface area contributed by atoms with E-state index in [1.54, 1.807) is 0 Å². The van der Waals surface area contributed by atoms with Gasteiger partial charge < -0.3 is 15.4 Å². The molecule has 2 atom stereocenters. The Bertz CT molecular complexity index is 903. The average Bonchev–Trinajstić information content (AvgIpc) is 2.81. The van der Waals surface area contributed by atoms with Gasteiger partial charge in [0, 0.05) is 4.90 Å². The number of thioether (sulfide) groups is 1. The maximum absolute atomic E-state index is 13.1. The lowest BCUT2D eigenvalue weighted by Crippen LogP contribution is -2.52. The number of nitrogens with one attached hydrogen (secondary N) is 2. The van der Waals surface area contributed by atoms with Crippen molar-refractivity contribution in [2.45, 2.75) is 64.1 Å². The number of hydrogen-bond donors (Lipinski definition) is 2. The Balaban J connectivity index is 1.99. The van der Waals surface area contributed by atoms with Crippen LogP contribution in [0.5, 0.6) is 0 Å². The lowest BCUT2D eigenvalue weighted by molar-refractivity contribution is -0.128. The summed E-state index contributed by atoms with van der Waals surface area (Å²) < 4.78 is 5.29. The van der Waals surface area contributed by atoms with Crippen LogP contribution in [0.1, 0.15) is 46.1 Å². The van der Waals surface area contributed by atoms with Crippen molar-refractivity contribution in [2.24, 2.45) is 11.8 Å². The topological polar surface area (TPSA) is 84.5 Å². The van der Waals surface area contributed by atoms with Crippen LogP contribution >= 0.6 is 11.8 Å². The molecule has 0 fully saturated rings. The zero-order valence-electron chi connectivity index (χ0n) is 20.5. The van der Waals surface area contributed by atoms with Gasteiger partial charge in [-0.05, 0) is 42.4 Å². The van der Waals surface area contributed by atoms with Gasteiger partial charge in [-0.15, -0.1) is 11.8 Å². The zero-order chi connectivity index (χ0) is 24.9. The molecule has 0 aromatic heterocycles. The lowest BCUT2D eigenvalue weighted by Gasteiger charge is -2.24. The minimum Gasteiger partial charge on any atom is -0.445 e. The number of Topliss-reactive ketones (excluding diaryl/α,β-unsaturated/α-hetero) is 1. The summed E-state index contributed by atoms with van der Waals surface area (Å²) in [5, 5.41) is 5.58. The standard InChI is InChI=1S/C27H36N2O4S/c1-19(2)15-23(25(30)18-34-22-13-9-6-10-14-22)28-26(31)24(16-20(3)4)29-27(32)33-17-21-11-7-5-8-12-21/h5-14,19-20,23-24H,15-18H2,1-4H3,(H,28,31)(H,29,32)/t23-,24-/m0/s1. The first kappa shape index (κ1) is 27.4. The highest BCUT2D eigenvalue weighted by molar-refractivity contribution is 8.00. The van der Waals surface area contributed by atoms with Gasteiger partial charge in [0.05, 0.1) is 11.8 Å². The van der Waals surface area contributed by atoms with E-state index in [9.17, 15) is 14.4 Å². The molecule has 0 saturated heterocycles. The number of ether oxygens (including phenoxy) is 1. The maximum atomic E-state index is 13.1. The van der Waals surface area contributed by atoms with Gasteiger partial charge in [-0.25, -0.2) is 4.79 Å². The molecule has 0 aliphatic heterocycles. The lowest BCUT2D eigenvalue weighted by atomic mass is 9.99. The Kier molecular flexibility index (Phi) is 11.7. The van der Waals surface area contributed by atoms with E-state index in [0.717, 1.165) is 10.5 Å². The van der Waals surface area contributed by atoms with E-state index in [0.29, 0.717) is 12.8 Å². The van der Waals surface area contributed by atoms with Crippen molar-refractivity contribution >= 4 is 29.5 Å². The Morgan fingerprint density at radius 1 is 0.794 bits per heavy atom. The van der Waals surface area contributed by atoms with Crippen LogP contribution in [0.4, 0.5) is 4.79 Å². The fourth-order valence-electron chi connectivity index (χ4n) is 3.40. The number of amides is 2. The number of alkyl carbamates (subject to hydrolysis) is 1. The third-order valence-corrected chi connectivity index (χ3v) is 6.10. The van der Waals surface area contributed by atoms with Crippen LogP contribution in [-0.4, -0.2) is 35.6 Å². The van der Waals surface area contributed by atoms with Gasteiger partial charge in [-0.3, -0.25) is 9.59 Å². The van der Waals surface area contributed by atoms with E-state index in [1.807, 2.05) is 88.4 Å². The first-order chi connectivity index (χ1) is 16.2.